The number of hydrogen-bond donors (Lipinski definition) is 1. The molecule has 0 aliphatic carbocycles. The van der Waals surface area contributed by atoms with Gasteiger partial charge >= 0.3 is 5.97 Å². The maximum absolute atomic E-state index is 13.0. The first-order valence-corrected chi connectivity index (χ1v) is 4.90. The van der Waals surface area contributed by atoms with Gasteiger partial charge in [0.05, 0.1) is 6.61 Å². The molecular weight excluding hydrogens is 223 g/mol. The topological polar surface area (TPSA) is 46.5 Å². The molecule has 0 heterocycles. The minimum atomic E-state index is -1.11. The monoisotopic (exact) mass is 234 g/mol. The SMILES string of the molecule is C#CCCOc1ccc(F)cc1/C=C/C(=O)O. The van der Waals surface area contributed by atoms with E-state index in [-0.39, 0.29) is 0 Å². The fraction of sp³-hybridized carbons (Fsp3) is 0.154. The lowest BCUT2D eigenvalue weighted by Gasteiger charge is -2.07. The summed E-state index contributed by atoms with van der Waals surface area (Å²) in [5, 5.41) is 8.50. The molecule has 0 saturated carbocycles. The van der Waals surface area contributed by atoms with Gasteiger partial charge in [-0.2, -0.15) is 0 Å². The van der Waals surface area contributed by atoms with Gasteiger partial charge in [-0.1, -0.05) is 0 Å². The Labute approximate surface area is 98.5 Å². The molecule has 0 radical (unpaired) electrons. The lowest BCUT2D eigenvalue weighted by molar-refractivity contribution is -0.131. The molecule has 0 amide bonds. The Kier molecular flexibility index (Phi) is 4.77. The van der Waals surface area contributed by atoms with E-state index in [1.165, 1.54) is 24.3 Å². The molecule has 0 aliphatic rings. The highest BCUT2D eigenvalue weighted by molar-refractivity contribution is 5.85. The molecule has 3 nitrogen and oxygen atoms in total. The van der Waals surface area contributed by atoms with Crippen LogP contribution in [-0.4, -0.2) is 17.7 Å². The Hall–Kier alpha value is -2.28. The highest BCUT2D eigenvalue weighted by Crippen LogP contribution is 2.21. The number of hydrogen-bond acceptors (Lipinski definition) is 2. The molecule has 1 rings (SSSR count). The standard InChI is InChI=1S/C13H11FO3/c1-2-3-8-17-12-6-5-11(14)9-10(12)4-7-13(15)16/h1,4-7,9H,3,8H2,(H,15,16)/b7-4+. The van der Waals surface area contributed by atoms with Crippen molar-refractivity contribution in [3.05, 3.63) is 35.7 Å². The van der Waals surface area contributed by atoms with Crippen LogP contribution in [0.15, 0.2) is 24.3 Å². The zero-order valence-corrected chi connectivity index (χ0v) is 9.02. The van der Waals surface area contributed by atoms with E-state index < -0.39 is 11.8 Å². The van der Waals surface area contributed by atoms with Crippen molar-refractivity contribution in [1.82, 2.24) is 0 Å². The summed E-state index contributed by atoms with van der Waals surface area (Å²) >= 11 is 0. The van der Waals surface area contributed by atoms with E-state index >= 15 is 0 Å². The van der Waals surface area contributed by atoms with Gasteiger partial charge in [0.25, 0.3) is 0 Å². The van der Waals surface area contributed by atoms with Crippen LogP contribution in [0.5, 0.6) is 5.75 Å². The molecule has 1 aromatic rings. The molecule has 0 aliphatic heterocycles. The molecule has 0 saturated heterocycles. The third kappa shape index (κ3) is 4.39. The first kappa shape index (κ1) is 12.8. The van der Waals surface area contributed by atoms with Gasteiger partial charge in [-0.25, -0.2) is 9.18 Å². The van der Waals surface area contributed by atoms with Gasteiger partial charge in [0, 0.05) is 18.1 Å². The van der Waals surface area contributed by atoms with Crippen LogP contribution in [0.3, 0.4) is 0 Å². The van der Waals surface area contributed by atoms with Crippen LogP contribution in [0, 0.1) is 18.2 Å². The minimum Gasteiger partial charge on any atom is -0.492 e. The van der Waals surface area contributed by atoms with Gasteiger partial charge in [-0.05, 0) is 24.3 Å². The molecule has 0 atom stereocenters. The third-order valence-electron chi connectivity index (χ3n) is 1.88. The Morgan fingerprint density at radius 3 is 3.00 bits per heavy atom. The Bertz CT molecular complexity index is 472. The lowest BCUT2D eigenvalue weighted by atomic mass is 10.2. The van der Waals surface area contributed by atoms with Gasteiger partial charge in [-0.3, -0.25) is 0 Å². The largest absolute Gasteiger partial charge is 0.492 e. The number of carboxylic acids is 1. The van der Waals surface area contributed by atoms with Crippen molar-refractivity contribution in [2.75, 3.05) is 6.61 Å². The van der Waals surface area contributed by atoms with Crippen LogP contribution in [0.2, 0.25) is 0 Å². The van der Waals surface area contributed by atoms with Crippen LogP contribution >= 0.6 is 0 Å². The number of terminal acetylenes is 1. The number of carboxylic acid groups (broad SMARTS) is 1. The highest BCUT2D eigenvalue weighted by atomic mass is 19.1. The maximum Gasteiger partial charge on any atom is 0.328 e. The molecule has 0 unspecified atom stereocenters. The molecule has 0 fully saturated rings. The van der Waals surface area contributed by atoms with Crippen LogP contribution < -0.4 is 4.74 Å². The van der Waals surface area contributed by atoms with E-state index in [1.54, 1.807) is 0 Å². The molecule has 1 N–H and O–H groups in total. The van der Waals surface area contributed by atoms with Crippen molar-refractivity contribution < 1.29 is 19.0 Å². The predicted octanol–water partition coefficient (Wildman–Crippen LogP) is 2.33. The Morgan fingerprint density at radius 1 is 1.59 bits per heavy atom. The van der Waals surface area contributed by atoms with E-state index in [4.69, 9.17) is 16.3 Å². The lowest BCUT2D eigenvalue weighted by Crippen LogP contribution is -1.98. The highest BCUT2D eigenvalue weighted by Gasteiger charge is 2.03. The summed E-state index contributed by atoms with van der Waals surface area (Å²) in [5.41, 5.74) is 0.365. The molecule has 1 aromatic carbocycles. The normalized spacial score (nSPS) is 10.1. The molecule has 88 valence electrons. The number of halogens is 1. The molecule has 17 heavy (non-hydrogen) atoms. The van der Waals surface area contributed by atoms with Crippen molar-refractivity contribution in [3.8, 4) is 18.1 Å². The second-order valence-corrected chi connectivity index (χ2v) is 3.16. The smallest absolute Gasteiger partial charge is 0.328 e. The number of benzene rings is 1. The fourth-order valence-corrected chi connectivity index (χ4v) is 1.16. The van der Waals surface area contributed by atoms with E-state index in [9.17, 15) is 9.18 Å². The van der Waals surface area contributed by atoms with Crippen molar-refractivity contribution in [2.24, 2.45) is 0 Å². The molecule has 0 bridgehead atoms. The molecule has 0 spiro atoms. The zero-order valence-electron chi connectivity index (χ0n) is 9.02. The average Bonchev–Trinajstić information content (AvgIpc) is 2.29. The van der Waals surface area contributed by atoms with Crippen molar-refractivity contribution in [1.29, 1.82) is 0 Å². The fourth-order valence-electron chi connectivity index (χ4n) is 1.16. The minimum absolute atomic E-state index is 0.302. The van der Waals surface area contributed by atoms with Crippen LogP contribution in [0.1, 0.15) is 12.0 Å². The number of carbonyl (C=O) groups is 1. The molecule has 4 heteroatoms. The predicted molar refractivity (Wildman–Crippen MR) is 62.0 cm³/mol. The summed E-state index contributed by atoms with van der Waals surface area (Å²) in [6, 6.07) is 3.88. The third-order valence-corrected chi connectivity index (χ3v) is 1.88. The van der Waals surface area contributed by atoms with Gasteiger partial charge in [-0.15, -0.1) is 12.3 Å². The summed E-state index contributed by atoms with van der Waals surface area (Å²) in [6.45, 7) is 0.302. The van der Waals surface area contributed by atoms with E-state index in [0.29, 0.717) is 24.3 Å². The number of aliphatic carboxylic acids is 1. The second-order valence-electron chi connectivity index (χ2n) is 3.16. The quantitative estimate of drug-likeness (QED) is 0.483. The van der Waals surface area contributed by atoms with Crippen LogP contribution in [0.4, 0.5) is 4.39 Å². The van der Waals surface area contributed by atoms with Crippen molar-refractivity contribution in [2.45, 2.75) is 6.42 Å². The van der Waals surface area contributed by atoms with E-state index in [1.807, 2.05) is 0 Å². The second kappa shape index (κ2) is 6.33. The zero-order chi connectivity index (χ0) is 12.7. The molecular formula is C13H11FO3. The van der Waals surface area contributed by atoms with Gasteiger partial charge in [0.15, 0.2) is 0 Å². The van der Waals surface area contributed by atoms with Crippen molar-refractivity contribution in [3.63, 3.8) is 0 Å². The maximum atomic E-state index is 13.0. The van der Waals surface area contributed by atoms with Crippen LogP contribution in [-0.2, 0) is 4.79 Å². The first-order chi connectivity index (χ1) is 8.13. The van der Waals surface area contributed by atoms with Gasteiger partial charge in [0.1, 0.15) is 11.6 Å². The summed E-state index contributed by atoms with van der Waals surface area (Å²) in [4.78, 5) is 10.4. The van der Waals surface area contributed by atoms with Gasteiger partial charge in [0.2, 0.25) is 0 Å². The summed E-state index contributed by atoms with van der Waals surface area (Å²) in [6.07, 6.45) is 7.70. The average molecular weight is 234 g/mol. The summed E-state index contributed by atoms with van der Waals surface area (Å²) < 4.78 is 18.3. The summed E-state index contributed by atoms with van der Waals surface area (Å²) in [7, 11) is 0. The van der Waals surface area contributed by atoms with Gasteiger partial charge < -0.3 is 9.84 Å². The number of ether oxygens (including phenoxy) is 1. The number of rotatable bonds is 5. The van der Waals surface area contributed by atoms with Crippen molar-refractivity contribution >= 4 is 12.0 Å². The van der Waals surface area contributed by atoms with Crippen LogP contribution in [0.25, 0.3) is 6.08 Å². The first-order valence-electron chi connectivity index (χ1n) is 4.90. The Morgan fingerprint density at radius 2 is 2.35 bits per heavy atom. The molecule has 0 aromatic heterocycles. The van der Waals surface area contributed by atoms with E-state index in [2.05, 4.69) is 5.92 Å². The summed E-state index contributed by atoms with van der Waals surface area (Å²) in [5.74, 6) is 1.24. The van der Waals surface area contributed by atoms with E-state index in [0.717, 1.165) is 6.08 Å². The Balaban J connectivity index is 2.88.